The van der Waals surface area contributed by atoms with Gasteiger partial charge in [-0.25, -0.2) is 0 Å². The van der Waals surface area contributed by atoms with Crippen LogP contribution in [0.4, 0.5) is 0 Å². The fourth-order valence-electron chi connectivity index (χ4n) is 3.33. The average molecular weight is 350 g/mol. The van der Waals surface area contributed by atoms with Gasteiger partial charge in [-0.05, 0) is 37.8 Å². The third kappa shape index (κ3) is 8.00. The van der Waals surface area contributed by atoms with Gasteiger partial charge in [0.25, 0.3) is 0 Å². The highest BCUT2D eigenvalue weighted by Gasteiger charge is 2.40. The first-order chi connectivity index (χ1) is 12.0. The molecule has 4 nitrogen and oxygen atoms in total. The Bertz CT molecular complexity index is 478. The van der Waals surface area contributed by atoms with Gasteiger partial charge in [-0.1, -0.05) is 63.5 Å². The quantitative estimate of drug-likeness (QED) is 0.388. The molecule has 4 heteroatoms. The van der Waals surface area contributed by atoms with Crippen LogP contribution in [-0.4, -0.2) is 29.1 Å². The van der Waals surface area contributed by atoms with Crippen molar-refractivity contribution in [3.63, 3.8) is 0 Å². The van der Waals surface area contributed by atoms with Gasteiger partial charge in [0.05, 0.1) is 0 Å². The minimum atomic E-state index is -1.09. The van der Waals surface area contributed by atoms with Gasteiger partial charge < -0.3 is 9.84 Å². The van der Waals surface area contributed by atoms with Crippen LogP contribution in [0.15, 0.2) is 23.8 Å². The summed E-state index contributed by atoms with van der Waals surface area (Å²) in [4.78, 5) is 23.9. The average Bonchev–Trinajstić information content (AvgIpc) is 2.57. The van der Waals surface area contributed by atoms with Crippen LogP contribution < -0.4 is 0 Å². The lowest BCUT2D eigenvalue weighted by Gasteiger charge is -2.30. The van der Waals surface area contributed by atoms with E-state index in [2.05, 4.69) is 0 Å². The molecule has 0 aromatic carbocycles. The van der Waals surface area contributed by atoms with E-state index in [1.807, 2.05) is 6.08 Å². The van der Waals surface area contributed by atoms with Crippen LogP contribution >= 0.6 is 0 Å². The van der Waals surface area contributed by atoms with Crippen LogP contribution in [0.2, 0.25) is 0 Å². The molecule has 0 bridgehead atoms. The van der Waals surface area contributed by atoms with E-state index in [1.54, 1.807) is 19.1 Å². The smallest absolute Gasteiger partial charge is 0.303 e. The molecule has 0 aromatic rings. The number of carbonyl (C=O) groups is 2. The van der Waals surface area contributed by atoms with Crippen molar-refractivity contribution in [1.29, 1.82) is 0 Å². The Balaban J connectivity index is 2.22. The lowest BCUT2D eigenvalue weighted by atomic mass is 9.84. The van der Waals surface area contributed by atoms with Gasteiger partial charge in [-0.3, -0.25) is 9.59 Å². The van der Waals surface area contributed by atoms with Gasteiger partial charge in [0.15, 0.2) is 5.60 Å². The van der Waals surface area contributed by atoms with E-state index in [0.29, 0.717) is 18.6 Å². The Morgan fingerprint density at radius 1 is 1.00 bits per heavy atom. The second-order valence-electron chi connectivity index (χ2n) is 7.03. The largest absolute Gasteiger partial charge is 0.447 e. The Morgan fingerprint density at radius 2 is 1.52 bits per heavy atom. The molecule has 0 aromatic heterocycles. The maximum absolute atomic E-state index is 12.5. The number of rotatable bonds is 13. The first-order valence-electron chi connectivity index (χ1n) is 9.73. The first kappa shape index (κ1) is 21.6. The normalized spacial score (nSPS) is 19.8. The second-order valence-corrected chi connectivity index (χ2v) is 7.03. The Kier molecular flexibility index (Phi) is 10.4. The summed E-state index contributed by atoms with van der Waals surface area (Å²) in [5.74, 6) is -0.498. The van der Waals surface area contributed by atoms with Crippen molar-refractivity contribution in [2.75, 3.05) is 6.61 Å². The number of hydrogen-bond donors (Lipinski definition) is 1. The topological polar surface area (TPSA) is 63.6 Å². The van der Waals surface area contributed by atoms with Crippen molar-refractivity contribution in [2.24, 2.45) is 0 Å². The maximum atomic E-state index is 12.5. The molecule has 0 saturated carbocycles. The molecule has 0 heterocycles. The summed E-state index contributed by atoms with van der Waals surface area (Å²) in [5, 5.41) is 8.73. The fourth-order valence-corrected chi connectivity index (χ4v) is 3.33. The number of ether oxygens (including phenoxy) is 1. The monoisotopic (exact) mass is 350 g/mol. The van der Waals surface area contributed by atoms with E-state index in [0.717, 1.165) is 32.1 Å². The van der Waals surface area contributed by atoms with E-state index < -0.39 is 11.6 Å². The lowest BCUT2D eigenvalue weighted by Crippen LogP contribution is -2.42. The number of unbranched alkanes of at least 4 members (excludes halogenated alkanes) is 9. The summed E-state index contributed by atoms with van der Waals surface area (Å²) in [7, 11) is 0. The predicted molar refractivity (Wildman–Crippen MR) is 100 cm³/mol. The first-order valence-corrected chi connectivity index (χ1v) is 9.73. The maximum Gasteiger partial charge on any atom is 0.303 e. The lowest BCUT2D eigenvalue weighted by molar-refractivity contribution is -0.159. The van der Waals surface area contributed by atoms with E-state index in [4.69, 9.17) is 9.84 Å². The van der Waals surface area contributed by atoms with Crippen molar-refractivity contribution in [3.05, 3.63) is 23.8 Å². The summed E-state index contributed by atoms with van der Waals surface area (Å²) in [5.41, 5.74) is -0.442. The minimum Gasteiger partial charge on any atom is -0.447 e. The Morgan fingerprint density at radius 3 is 2.04 bits per heavy atom. The van der Waals surface area contributed by atoms with Crippen molar-refractivity contribution in [2.45, 2.75) is 90.1 Å². The summed E-state index contributed by atoms with van der Waals surface area (Å²) >= 11 is 0. The highest BCUT2D eigenvalue weighted by atomic mass is 16.6. The molecular formula is C21H34O4. The highest BCUT2D eigenvalue weighted by Crippen LogP contribution is 2.29. The molecule has 0 spiro atoms. The molecule has 0 radical (unpaired) electrons. The molecule has 142 valence electrons. The molecule has 1 aliphatic rings. The van der Waals surface area contributed by atoms with E-state index in [9.17, 15) is 9.59 Å². The van der Waals surface area contributed by atoms with Crippen LogP contribution in [-0.2, 0) is 14.3 Å². The summed E-state index contributed by atoms with van der Waals surface area (Å²) in [6.07, 6.45) is 17.2. The van der Waals surface area contributed by atoms with Crippen LogP contribution in [0, 0.1) is 0 Å². The molecular weight excluding hydrogens is 316 g/mol. The number of Topliss-reactive ketones (excluding diaryl/α,β-unsaturated/α-hetero) is 1. The molecule has 0 saturated heterocycles. The SMILES string of the molecule is CC(=O)OC1(CCCCCCCCCCCCO)C=CC=C(C)C1=O. The van der Waals surface area contributed by atoms with Crippen molar-refractivity contribution in [3.8, 4) is 0 Å². The highest BCUT2D eigenvalue weighted by molar-refractivity contribution is 6.05. The van der Waals surface area contributed by atoms with Gasteiger partial charge in [-0.2, -0.15) is 0 Å². The standard InChI is InChI=1S/C21H34O4/c1-18-14-13-16-21(20(18)24,25-19(2)23)15-11-9-7-5-3-4-6-8-10-12-17-22/h13-14,16,22H,3-12,15,17H2,1-2H3. The number of aliphatic hydroxyl groups is 1. The van der Waals surface area contributed by atoms with Gasteiger partial charge in [0.1, 0.15) is 0 Å². The Labute approximate surface area is 152 Å². The number of esters is 1. The van der Waals surface area contributed by atoms with Gasteiger partial charge in [0, 0.05) is 13.5 Å². The van der Waals surface area contributed by atoms with Gasteiger partial charge >= 0.3 is 5.97 Å². The molecule has 0 fully saturated rings. The number of ketones is 1. The third-order valence-corrected chi connectivity index (χ3v) is 4.74. The predicted octanol–water partition coefficient (Wildman–Crippen LogP) is 4.66. The molecule has 1 aliphatic carbocycles. The second kappa shape index (κ2) is 12.0. The summed E-state index contributed by atoms with van der Waals surface area (Å²) in [6, 6.07) is 0. The van der Waals surface area contributed by atoms with Crippen molar-refractivity contribution >= 4 is 11.8 Å². The molecule has 0 amide bonds. The number of carbonyl (C=O) groups excluding carboxylic acids is 2. The van der Waals surface area contributed by atoms with Crippen molar-refractivity contribution in [1.82, 2.24) is 0 Å². The van der Waals surface area contributed by atoms with Gasteiger partial charge in [-0.15, -0.1) is 0 Å². The molecule has 1 rings (SSSR count). The zero-order chi connectivity index (χ0) is 18.5. The number of aliphatic hydroxyl groups excluding tert-OH is 1. The van der Waals surface area contributed by atoms with Crippen molar-refractivity contribution < 1.29 is 19.4 Å². The van der Waals surface area contributed by atoms with Crippen LogP contribution in [0.3, 0.4) is 0 Å². The number of hydrogen-bond acceptors (Lipinski definition) is 4. The molecule has 0 aliphatic heterocycles. The zero-order valence-corrected chi connectivity index (χ0v) is 15.9. The molecule has 1 unspecified atom stereocenters. The molecule has 1 atom stereocenters. The molecule has 1 N–H and O–H groups in total. The van der Waals surface area contributed by atoms with E-state index >= 15 is 0 Å². The minimum absolute atomic E-state index is 0.0897. The number of allylic oxidation sites excluding steroid dienone is 2. The summed E-state index contributed by atoms with van der Waals surface area (Å²) < 4.78 is 5.42. The van der Waals surface area contributed by atoms with Crippen LogP contribution in [0.5, 0.6) is 0 Å². The molecule has 25 heavy (non-hydrogen) atoms. The van der Waals surface area contributed by atoms with Crippen LogP contribution in [0.1, 0.15) is 84.5 Å². The zero-order valence-electron chi connectivity index (χ0n) is 15.9. The fraction of sp³-hybridized carbons (Fsp3) is 0.714. The summed E-state index contributed by atoms with van der Waals surface area (Å²) in [6.45, 7) is 3.43. The van der Waals surface area contributed by atoms with E-state index in [1.165, 1.54) is 39.0 Å². The van der Waals surface area contributed by atoms with Crippen LogP contribution in [0.25, 0.3) is 0 Å². The van der Waals surface area contributed by atoms with E-state index in [-0.39, 0.29) is 5.78 Å². The van der Waals surface area contributed by atoms with Gasteiger partial charge in [0.2, 0.25) is 5.78 Å². The Hall–Kier alpha value is -1.42. The third-order valence-electron chi connectivity index (χ3n) is 4.74.